The quantitative estimate of drug-likeness (QED) is 0.881. The van der Waals surface area contributed by atoms with Crippen molar-refractivity contribution in [2.24, 2.45) is 0 Å². The summed E-state index contributed by atoms with van der Waals surface area (Å²) in [6, 6.07) is 12.5. The van der Waals surface area contributed by atoms with E-state index in [4.69, 9.17) is 9.47 Å². The molecule has 6 nitrogen and oxygen atoms in total. The summed E-state index contributed by atoms with van der Waals surface area (Å²) in [5.74, 6) is 1.08. The molecule has 0 bridgehead atoms. The molecule has 1 saturated heterocycles. The van der Waals surface area contributed by atoms with Crippen LogP contribution in [-0.4, -0.2) is 50.1 Å². The summed E-state index contributed by atoms with van der Waals surface area (Å²) in [7, 11) is 3.18. The average Bonchev–Trinajstić information content (AvgIpc) is 2.72. The van der Waals surface area contributed by atoms with Crippen LogP contribution in [0.1, 0.15) is 23.7 Å². The Labute approximate surface area is 159 Å². The van der Waals surface area contributed by atoms with E-state index < -0.39 is 6.04 Å². The lowest BCUT2D eigenvalue weighted by Gasteiger charge is -2.35. The topological polar surface area (TPSA) is 67.9 Å². The zero-order valence-corrected chi connectivity index (χ0v) is 15.8. The molecule has 142 valence electrons. The van der Waals surface area contributed by atoms with E-state index in [0.717, 1.165) is 16.9 Å². The maximum Gasteiger partial charge on any atom is 0.255 e. The van der Waals surface area contributed by atoms with Crippen LogP contribution in [0.4, 0.5) is 0 Å². The normalized spacial score (nSPS) is 16.6. The van der Waals surface area contributed by atoms with Gasteiger partial charge in [-0.3, -0.25) is 9.59 Å². The molecule has 1 fully saturated rings. The maximum absolute atomic E-state index is 13.4. The van der Waals surface area contributed by atoms with Crippen molar-refractivity contribution in [1.29, 1.82) is 0 Å². The number of piperazine rings is 1. The number of amides is 2. The third-order valence-corrected chi connectivity index (χ3v) is 4.84. The molecule has 27 heavy (non-hydrogen) atoms. The molecule has 1 atom stereocenters. The molecule has 2 amide bonds. The minimum atomic E-state index is -0.457. The molecule has 1 N–H and O–H groups in total. The van der Waals surface area contributed by atoms with Gasteiger partial charge in [0.1, 0.15) is 17.5 Å². The summed E-state index contributed by atoms with van der Waals surface area (Å²) in [5, 5.41) is 2.83. The Balaban J connectivity index is 2.04. The van der Waals surface area contributed by atoms with Gasteiger partial charge in [0.25, 0.3) is 5.91 Å². The Morgan fingerprint density at radius 2 is 1.78 bits per heavy atom. The molecule has 0 radical (unpaired) electrons. The van der Waals surface area contributed by atoms with Gasteiger partial charge in [0.15, 0.2) is 0 Å². The molecule has 2 aromatic rings. The SMILES string of the molecule is CC[C@H]1C(=O)NCCN1C(=O)c1cc(OC)ccc1-c1ccc(OC)cc1. The van der Waals surface area contributed by atoms with Gasteiger partial charge in [0.05, 0.1) is 19.8 Å². The number of carbonyl (C=O) groups excluding carboxylic acids is 2. The Morgan fingerprint density at radius 1 is 1.11 bits per heavy atom. The molecule has 2 aromatic carbocycles. The molecule has 6 heteroatoms. The second kappa shape index (κ2) is 8.12. The number of methoxy groups -OCH3 is 2. The van der Waals surface area contributed by atoms with E-state index >= 15 is 0 Å². The fourth-order valence-corrected chi connectivity index (χ4v) is 3.37. The zero-order valence-electron chi connectivity index (χ0n) is 15.8. The van der Waals surface area contributed by atoms with Gasteiger partial charge in [-0.25, -0.2) is 0 Å². The minimum Gasteiger partial charge on any atom is -0.497 e. The Morgan fingerprint density at radius 3 is 2.41 bits per heavy atom. The zero-order chi connectivity index (χ0) is 19.4. The summed E-state index contributed by atoms with van der Waals surface area (Å²) in [4.78, 5) is 27.2. The van der Waals surface area contributed by atoms with Gasteiger partial charge < -0.3 is 19.7 Å². The van der Waals surface area contributed by atoms with Gasteiger partial charge in [0, 0.05) is 13.1 Å². The van der Waals surface area contributed by atoms with Crippen LogP contribution >= 0.6 is 0 Å². The van der Waals surface area contributed by atoms with Gasteiger partial charge in [0.2, 0.25) is 5.91 Å². The van der Waals surface area contributed by atoms with E-state index in [0.29, 0.717) is 30.8 Å². The molecule has 0 spiro atoms. The smallest absolute Gasteiger partial charge is 0.255 e. The third kappa shape index (κ3) is 3.74. The number of rotatable bonds is 5. The van der Waals surface area contributed by atoms with E-state index in [1.165, 1.54) is 0 Å². The van der Waals surface area contributed by atoms with Crippen LogP contribution in [0.15, 0.2) is 42.5 Å². The monoisotopic (exact) mass is 368 g/mol. The van der Waals surface area contributed by atoms with Crippen molar-refractivity contribution in [2.45, 2.75) is 19.4 Å². The number of hydrogen-bond acceptors (Lipinski definition) is 4. The van der Waals surface area contributed by atoms with E-state index in [1.807, 2.05) is 43.3 Å². The first kappa shape index (κ1) is 18.8. The van der Waals surface area contributed by atoms with Crippen molar-refractivity contribution >= 4 is 11.8 Å². The van der Waals surface area contributed by atoms with Gasteiger partial charge in [-0.1, -0.05) is 19.1 Å². The number of ether oxygens (including phenoxy) is 2. The Bertz CT molecular complexity index is 833. The van der Waals surface area contributed by atoms with Crippen molar-refractivity contribution in [3.63, 3.8) is 0 Å². The van der Waals surface area contributed by atoms with Crippen LogP contribution in [0.2, 0.25) is 0 Å². The van der Waals surface area contributed by atoms with E-state index in [-0.39, 0.29) is 11.8 Å². The van der Waals surface area contributed by atoms with Gasteiger partial charge in [-0.05, 0) is 47.9 Å². The molecule has 0 aliphatic carbocycles. The van der Waals surface area contributed by atoms with Crippen LogP contribution in [0.3, 0.4) is 0 Å². The van der Waals surface area contributed by atoms with E-state index in [2.05, 4.69) is 5.32 Å². The molecular weight excluding hydrogens is 344 g/mol. The van der Waals surface area contributed by atoms with Crippen LogP contribution in [0.25, 0.3) is 11.1 Å². The number of nitrogens with zero attached hydrogens (tertiary/aromatic N) is 1. The number of nitrogens with one attached hydrogen (secondary N) is 1. The molecule has 1 heterocycles. The lowest BCUT2D eigenvalue weighted by atomic mass is 9.97. The predicted molar refractivity (Wildman–Crippen MR) is 103 cm³/mol. The Kier molecular flexibility index (Phi) is 5.64. The lowest BCUT2D eigenvalue weighted by Crippen LogP contribution is -2.56. The first-order valence-corrected chi connectivity index (χ1v) is 9.00. The van der Waals surface area contributed by atoms with Crippen LogP contribution in [0.5, 0.6) is 11.5 Å². The highest BCUT2D eigenvalue weighted by atomic mass is 16.5. The summed E-state index contributed by atoms with van der Waals surface area (Å²) in [5.41, 5.74) is 2.22. The maximum atomic E-state index is 13.4. The Hall–Kier alpha value is -3.02. The van der Waals surface area contributed by atoms with Gasteiger partial charge >= 0.3 is 0 Å². The van der Waals surface area contributed by atoms with Crippen molar-refractivity contribution in [2.75, 3.05) is 27.3 Å². The van der Waals surface area contributed by atoms with E-state index in [9.17, 15) is 9.59 Å². The fraction of sp³-hybridized carbons (Fsp3) is 0.333. The van der Waals surface area contributed by atoms with Crippen molar-refractivity contribution < 1.29 is 19.1 Å². The molecule has 0 unspecified atom stereocenters. The predicted octanol–water partition coefficient (Wildman–Crippen LogP) is 2.72. The first-order chi connectivity index (χ1) is 13.1. The summed E-state index contributed by atoms with van der Waals surface area (Å²) in [6.45, 7) is 2.86. The molecule has 0 saturated carbocycles. The van der Waals surface area contributed by atoms with Crippen LogP contribution < -0.4 is 14.8 Å². The highest BCUT2D eigenvalue weighted by molar-refractivity contribution is 6.03. The van der Waals surface area contributed by atoms with Crippen LogP contribution in [0, 0.1) is 0 Å². The lowest BCUT2D eigenvalue weighted by molar-refractivity contribution is -0.127. The summed E-state index contributed by atoms with van der Waals surface area (Å²) in [6.07, 6.45) is 0.569. The van der Waals surface area contributed by atoms with E-state index in [1.54, 1.807) is 25.2 Å². The molecule has 1 aliphatic rings. The molecule has 1 aliphatic heterocycles. The molecule has 0 aromatic heterocycles. The summed E-state index contributed by atoms with van der Waals surface area (Å²) >= 11 is 0. The molecule has 3 rings (SSSR count). The fourth-order valence-electron chi connectivity index (χ4n) is 3.37. The van der Waals surface area contributed by atoms with Crippen LogP contribution in [-0.2, 0) is 4.79 Å². The van der Waals surface area contributed by atoms with Crippen molar-refractivity contribution in [3.05, 3.63) is 48.0 Å². The largest absolute Gasteiger partial charge is 0.497 e. The van der Waals surface area contributed by atoms with Gasteiger partial charge in [-0.15, -0.1) is 0 Å². The third-order valence-electron chi connectivity index (χ3n) is 4.84. The number of hydrogen-bond donors (Lipinski definition) is 1. The first-order valence-electron chi connectivity index (χ1n) is 9.00. The second-order valence-electron chi connectivity index (χ2n) is 6.35. The highest BCUT2D eigenvalue weighted by Crippen LogP contribution is 2.30. The highest BCUT2D eigenvalue weighted by Gasteiger charge is 2.33. The average molecular weight is 368 g/mol. The summed E-state index contributed by atoms with van der Waals surface area (Å²) < 4.78 is 10.5. The van der Waals surface area contributed by atoms with Gasteiger partial charge in [-0.2, -0.15) is 0 Å². The standard InChI is InChI=1S/C21H24N2O4/c1-4-19-20(24)22-11-12-23(19)21(25)18-13-16(27-3)9-10-17(18)14-5-7-15(26-2)8-6-14/h5-10,13,19H,4,11-12H2,1-3H3,(H,22,24)/t19-/m0/s1. The minimum absolute atomic E-state index is 0.106. The second-order valence-corrected chi connectivity index (χ2v) is 6.35. The molecular formula is C21H24N2O4. The number of carbonyl (C=O) groups is 2. The number of benzene rings is 2. The van der Waals surface area contributed by atoms with Crippen molar-refractivity contribution in [1.82, 2.24) is 10.2 Å². The van der Waals surface area contributed by atoms with Crippen molar-refractivity contribution in [3.8, 4) is 22.6 Å².